The summed E-state index contributed by atoms with van der Waals surface area (Å²) >= 11 is 0. The summed E-state index contributed by atoms with van der Waals surface area (Å²) in [7, 11) is 0. The highest BCUT2D eigenvalue weighted by atomic mass is 19.1. The largest absolute Gasteiger partial charge is 0.392 e. The van der Waals surface area contributed by atoms with Crippen LogP contribution >= 0.6 is 0 Å². The van der Waals surface area contributed by atoms with Crippen LogP contribution in [0.1, 0.15) is 26.3 Å². The van der Waals surface area contributed by atoms with Crippen molar-refractivity contribution in [3.63, 3.8) is 0 Å². The van der Waals surface area contributed by atoms with Gasteiger partial charge in [-0.2, -0.15) is 0 Å². The molecule has 0 bridgehead atoms. The lowest BCUT2D eigenvalue weighted by molar-refractivity contribution is -0.133. The number of hydrogen-bond acceptors (Lipinski definition) is 2. The first-order valence-corrected chi connectivity index (χ1v) is 6.23. The fourth-order valence-corrected chi connectivity index (χ4v) is 1.84. The van der Waals surface area contributed by atoms with E-state index >= 15 is 0 Å². The number of rotatable bonds is 5. The predicted molar refractivity (Wildman–Crippen MR) is 68.6 cm³/mol. The Labute approximate surface area is 111 Å². The van der Waals surface area contributed by atoms with Gasteiger partial charge in [0.15, 0.2) is 0 Å². The number of aliphatic hydroxyl groups excluding tert-OH is 1. The lowest BCUT2D eigenvalue weighted by Gasteiger charge is -2.28. The third-order valence-electron chi connectivity index (χ3n) is 2.79. The van der Waals surface area contributed by atoms with Crippen LogP contribution in [0.3, 0.4) is 0 Å². The molecule has 0 radical (unpaired) electrons. The van der Waals surface area contributed by atoms with Gasteiger partial charge in [0.2, 0.25) is 5.91 Å². The second kappa shape index (κ2) is 6.61. The minimum atomic E-state index is -0.728. The molecule has 0 spiro atoms. The van der Waals surface area contributed by atoms with Crippen LogP contribution in [0.15, 0.2) is 18.2 Å². The molecule has 0 aliphatic carbocycles. The molecule has 0 aromatic heterocycles. The van der Waals surface area contributed by atoms with Crippen LogP contribution in [0.4, 0.5) is 8.78 Å². The molecule has 1 rings (SSSR count). The molecule has 106 valence electrons. The highest BCUT2D eigenvalue weighted by Crippen LogP contribution is 2.15. The van der Waals surface area contributed by atoms with E-state index < -0.39 is 23.6 Å². The second-order valence-electron chi connectivity index (χ2n) is 4.87. The minimum absolute atomic E-state index is 0.142. The molecule has 1 N–H and O–H groups in total. The number of carbonyl (C=O) groups excluding carboxylic acids is 1. The van der Waals surface area contributed by atoms with Crippen LogP contribution in [0.25, 0.3) is 0 Å². The first-order valence-electron chi connectivity index (χ1n) is 6.23. The summed E-state index contributed by atoms with van der Waals surface area (Å²) < 4.78 is 27.0. The maximum absolute atomic E-state index is 13.5. The van der Waals surface area contributed by atoms with E-state index in [-0.39, 0.29) is 24.6 Å². The van der Waals surface area contributed by atoms with Gasteiger partial charge in [0, 0.05) is 18.2 Å². The van der Waals surface area contributed by atoms with E-state index in [2.05, 4.69) is 0 Å². The Morgan fingerprint density at radius 2 is 1.79 bits per heavy atom. The van der Waals surface area contributed by atoms with Crippen LogP contribution in [0.5, 0.6) is 0 Å². The molecule has 1 amide bonds. The Morgan fingerprint density at radius 3 is 2.21 bits per heavy atom. The Hall–Kier alpha value is -1.49. The second-order valence-corrected chi connectivity index (χ2v) is 4.87. The van der Waals surface area contributed by atoms with Crippen molar-refractivity contribution in [3.05, 3.63) is 35.4 Å². The monoisotopic (exact) mass is 271 g/mol. The predicted octanol–water partition coefficient (Wildman–Crippen LogP) is 2.13. The summed E-state index contributed by atoms with van der Waals surface area (Å²) in [4.78, 5) is 13.5. The van der Waals surface area contributed by atoms with Crippen molar-refractivity contribution < 1.29 is 18.7 Å². The highest BCUT2D eigenvalue weighted by Gasteiger charge is 2.21. The normalized spacial score (nSPS) is 12.6. The number of carbonyl (C=O) groups is 1. The third kappa shape index (κ3) is 4.28. The maximum Gasteiger partial charge on any atom is 0.227 e. The van der Waals surface area contributed by atoms with Gasteiger partial charge in [-0.1, -0.05) is 6.07 Å². The summed E-state index contributed by atoms with van der Waals surface area (Å²) in [6, 6.07) is 3.37. The summed E-state index contributed by atoms with van der Waals surface area (Å²) in [5.41, 5.74) is -0.233. The number of aliphatic hydroxyl groups is 1. The van der Waals surface area contributed by atoms with Crippen LogP contribution in [0, 0.1) is 11.6 Å². The highest BCUT2D eigenvalue weighted by molar-refractivity contribution is 5.79. The summed E-state index contributed by atoms with van der Waals surface area (Å²) in [6.07, 6.45) is -1.03. The summed E-state index contributed by atoms with van der Waals surface area (Å²) in [6.45, 7) is 5.29. The molecular weight excluding hydrogens is 252 g/mol. The fraction of sp³-hybridized carbons (Fsp3) is 0.500. The zero-order chi connectivity index (χ0) is 14.6. The Morgan fingerprint density at radius 1 is 1.26 bits per heavy atom. The van der Waals surface area contributed by atoms with Gasteiger partial charge in [-0.25, -0.2) is 8.78 Å². The molecule has 0 saturated carbocycles. The van der Waals surface area contributed by atoms with Gasteiger partial charge in [-0.15, -0.1) is 0 Å². The first-order chi connectivity index (χ1) is 8.82. The van der Waals surface area contributed by atoms with Gasteiger partial charge < -0.3 is 10.0 Å². The number of halogens is 2. The fourth-order valence-electron chi connectivity index (χ4n) is 1.84. The molecule has 1 aromatic carbocycles. The van der Waals surface area contributed by atoms with Crippen molar-refractivity contribution in [3.8, 4) is 0 Å². The Kier molecular flexibility index (Phi) is 5.42. The Bertz CT molecular complexity index is 427. The van der Waals surface area contributed by atoms with E-state index in [0.29, 0.717) is 0 Å². The molecule has 0 aliphatic heterocycles. The lowest BCUT2D eigenvalue weighted by atomic mass is 10.1. The number of amides is 1. The molecule has 0 saturated heterocycles. The molecule has 0 aliphatic rings. The van der Waals surface area contributed by atoms with Gasteiger partial charge in [-0.3, -0.25) is 4.79 Å². The van der Waals surface area contributed by atoms with Gasteiger partial charge in [0.25, 0.3) is 0 Å². The molecule has 1 atom stereocenters. The average molecular weight is 271 g/mol. The van der Waals surface area contributed by atoms with Crippen LogP contribution in [-0.2, 0) is 11.2 Å². The maximum atomic E-state index is 13.5. The van der Waals surface area contributed by atoms with Crippen molar-refractivity contribution in [2.45, 2.75) is 39.3 Å². The first kappa shape index (κ1) is 15.6. The zero-order valence-corrected chi connectivity index (χ0v) is 11.4. The molecule has 1 unspecified atom stereocenters. The van der Waals surface area contributed by atoms with Crippen LogP contribution in [-0.4, -0.2) is 34.6 Å². The molecule has 0 fully saturated rings. The molecule has 5 heteroatoms. The molecule has 1 aromatic rings. The van der Waals surface area contributed by atoms with Gasteiger partial charge in [-0.05, 0) is 32.9 Å². The average Bonchev–Trinajstić information content (AvgIpc) is 2.30. The van der Waals surface area contributed by atoms with Crippen molar-refractivity contribution in [2.75, 3.05) is 6.54 Å². The van der Waals surface area contributed by atoms with E-state index in [4.69, 9.17) is 0 Å². The quantitative estimate of drug-likeness (QED) is 0.891. The van der Waals surface area contributed by atoms with Crippen molar-refractivity contribution >= 4 is 5.91 Å². The standard InChI is InChI=1S/C14H19F2NO2/c1-9(2)17(8-10(3)18)14(19)7-11-12(15)5-4-6-13(11)16/h4-6,9-10,18H,7-8H2,1-3H3. The van der Waals surface area contributed by atoms with Crippen molar-refractivity contribution in [2.24, 2.45) is 0 Å². The number of hydrogen-bond donors (Lipinski definition) is 1. The van der Waals surface area contributed by atoms with E-state index in [0.717, 1.165) is 12.1 Å². The van der Waals surface area contributed by atoms with Crippen molar-refractivity contribution in [1.82, 2.24) is 4.90 Å². The topological polar surface area (TPSA) is 40.5 Å². The van der Waals surface area contributed by atoms with E-state index in [1.165, 1.54) is 11.0 Å². The molecule has 3 nitrogen and oxygen atoms in total. The number of benzene rings is 1. The molecule has 0 heterocycles. The SMILES string of the molecule is CC(O)CN(C(=O)Cc1c(F)cccc1F)C(C)C. The molecule has 19 heavy (non-hydrogen) atoms. The van der Waals surface area contributed by atoms with E-state index in [1.807, 2.05) is 0 Å². The Balaban J connectivity index is 2.87. The lowest BCUT2D eigenvalue weighted by Crippen LogP contribution is -2.42. The summed E-state index contributed by atoms with van der Waals surface area (Å²) in [5.74, 6) is -1.86. The summed E-state index contributed by atoms with van der Waals surface area (Å²) in [5, 5.41) is 9.35. The van der Waals surface area contributed by atoms with E-state index in [1.54, 1.807) is 20.8 Å². The smallest absolute Gasteiger partial charge is 0.227 e. The van der Waals surface area contributed by atoms with Crippen molar-refractivity contribution in [1.29, 1.82) is 0 Å². The van der Waals surface area contributed by atoms with Gasteiger partial charge in [0.05, 0.1) is 12.5 Å². The van der Waals surface area contributed by atoms with Gasteiger partial charge >= 0.3 is 0 Å². The van der Waals surface area contributed by atoms with Crippen LogP contribution in [0.2, 0.25) is 0 Å². The van der Waals surface area contributed by atoms with Gasteiger partial charge in [0.1, 0.15) is 11.6 Å². The molecular formula is C14H19F2NO2. The zero-order valence-electron chi connectivity index (χ0n) is 11.4. The van der Waals surface area contributed by atoms with E-state index in [9.17, 15) is 18.7 Å². The number of nitrogens with zero attached hydrogens (tertiary/aromatic N) is 1. The third-order valence-corrected chi connectivity index (χ3v) is 2.79. The van der Waals surface area contributed by atoms with Crippen LogP contribution < -0.4 is 0 Å². The minimum Gasteiger partial charge on any atom is -0.392 e.